The maximum atomic E-state index is 11.4. The first kappa shape index (κ1) is 14.1. The lowest BCUT2D eigenvalue weighted by Gasteiger charge is -2.27. The first-order chi connectivity index (χ1) is 9.11. The van der Waals surface area contributed by atoms with E-state index in [9.17, 15) is 9.90 Å². The van der Waals surface area contributed by atoms with Crippen molar-refractivity contribution in [2.24, 2.45) is 0 Å². The molecule has 0 radical (unpaired) electrons. The third-order valence-corrected chi connectivity index (χ3v) is 4.11. The fraction of sp³-hybridized carbons (Fsp3) is 0.562. The van der Waals surface area contributed by atoms with Crippen molar-refractivity contribution in [1.82, 2.24) is 4.90 Å². The van der Waals surface area contributed by atoms with Gasteiger partial charge in [0.05, 0.1) is 0 Å². The summed E-state index contributed by atoms with van der Waals surface area (Å²) in [7, 11) is 0. The van der Waals surface area contributed by atoms with Crippen molar-refractivity contribution >= 4 is 5.78 Å². The first-order valence-electron chi connectivity index (χ1n) is 7.18. The Hall–Kier alpha value is -1.35. The number of hydrogen-bond acceptors (Lipinski definition) is 3. The zero-order valence-electron chi connectivity index (χ0n) is 11.9. The molecule has 0 aromatic heterocycles. The van der Waals surface area contributed by atoms with Crippen LogP contribution in [0.15, 0.2) is 18.2 Å². The lowest BCUT2D eigenvalue weighted by atomic mass is 10.1. The third kappa shape index (κ3) is 3.35. The van der Waals surface area contributed by atoms with Crippen LogP contribution >= 0.6 is 0 Å². The van der Waals surface area contributed by atoms with Gasteiger partial charge in [0.15, 0.2) is 5.78 Å². The van der Waals surface area contributed by atoms with E-state index in [1.54, 1.807) is 19.1 Å². The fourth-order valence-electron chi connectivity index (χ4n) is 2.92. The summed E-state index contributed by atoms with van der Waals surface area (Å²) in [5, 5.41) is 9.97. The normalized spacial score (nSPS) is 16.2. The van der Waals surface area contributed by atoms with Crippen molar-refractivity contribution in [3.63, 3.8) is 0 Å². The third-order valence-electron chi connectivity index (χ3n) is 4.11. The molecule has 104 valence electrons. The van der Waals surface area contributed by atoms with Gasteiger partial charge < -0.3 is 5.11 Å². The summed E-state index contributed by atoms with van der Waals surface area (Å²) in [4.78, 5) is 13.8. The predicted molar refractivity (Wildman–Crippen MR) is 76.5 cm³/mol. The van der Waals surface area contributed by atoms with Crippen molar-refractivity contribution < 1.29 is 9.90 Å². The maximum absolute atomic E-state index is 11.4. The number of phenols is 1. The number of rotatable bonds is 5. The monoisotopic (exact) mass is 261 g/mol. The molecule has 0 aliphatic heterocycles. The predicted octanol–water partition coefficient (Wildman–Crippen LogP) is 3.36. The highest BCUT2D eigenvalue weighted by Crippen LogP contribution is 2.27. The first-order valence-corrected chi connectivity index (χ1v) is 7.18. The van der Waals surface area contributed by atoms with E-state index in [4.69, 9.17) is 0 Å². The van der Waals surface area contributed by atoms with Gasteiger partial charge in [-0.15, -0.1) is 0 Å². The molecule has 1 fully saturated rings. The smallest absolute Gasteiger partial charge is 0.159 e. The number of Topliss-reactive ketones (excluding diaryl/α,β-unsaturated/α-hetero) is 1. The molecule has 2 rings (SSSR count). The second-order valence-corrected chi connectivity index (χ2v) is 5.40. The van der Waals surface area contributed by atoms with Crippen molar-refractivity contribution in [1.29, 1.82) is 0 Å². The van der Waals surface area contributed by atoms with Gasteiger partial charge in [-0.1, -0.05) is 19.8 Å². The Balaban J connectivity index is 2.15. The molecule has 0 heterocycles. The van der Waals surface area contributed by atoms with Crippen LogP contribution in [0, 0.1) is 0 Å². The Labute approximate surface area is 115 Å². The second-order valence-electron chi connectivity index (χ2n) is 5.40. The van der Waals surface area contributed by atoms with Gasteiger partial charge in [-0.05, 0) is 44.5 Å². The molecule has 0 saturated heterocycles. The topological polar surface area (TPSA) is 40.5 Å². The summed E-state index contributed by atoms with van der Waals surface area (Å²) >= 11 is 0. The van der Waals surface area contributed by atoms with E-state index in [2.05, 4.69) is 11.8 Å². The van der Waals surface area contributed by atoms with Gasteiger partial charge in [-0.3, -0.25) is 9.69 Å². The lowest BCUT2D eigenvalue weighted by molar-refractivity contribution is 0.101. The van der Waals surface area contributed by atoms with E-state index in [1.165, 1.54) is 25.7 Å². The number of ketones is 1. The van der Waals surface area contributed by atoms with Crippen molar-refractivity contribution in [2.45, 2.75) is 52.1 Å². The van der Waals surface area contributed by atoms with Crippen LogP contribution < -0.4 is 0 Å². The number of carbonyl (C=O) groups excluding carboxylic acids is 1. The van der Waals surface area contributed by atoms with Crippen LogP contribution in [0.4, 0.5) is 0 Å². The number of aromatic hydroxyl groups is 1. The Morgan fingerprint density at radius 1 is 1.37 bits per heavy atom. The number of benzene rings is 1. The standard InChI is InChI=1S/C16H23NO2/c1-3-17(15-6-4-5-7-15)11-14-10-13(12(2)18)8-9-16(14)19/h8-10,15,19H,3-7,11H2,1-2H3. The van der Waals surface area contributed by atoms with Crippen LogP contribution in [0.3, 0.4) is 0 Å². The molecule has 3 nitrogen and oxygen atoms in total. The summed E-state index contributed by atoms with van der Waals surface area (Å²) in [5.74, 6) is 0.339. The summed E-state index contributed by atoms with van der Waals surface area (Å²) in [6.45, 7) is 5.43. The molecule has 1 N–H and O–H groups in total. The molecule has 1 saturated carbocycles. The molecule has 1 aromatic rings. The minimum absolute atomic E-state index is 0.0464. The molecular formula is C16H23NO2. The highest BCUT2D eigenvalue weighted by Gasteiger charge is 2.22. The van der Waals surface area contributed by atoms with Crippen molar-refractivity contribution in [3.05, 3.63) is 29.3 Å². The molecule has 0 bridgehead atoms. The van der Waals surface area contributed by atoms with Gasteiger partial charge in [0.25, 0.3) is 0 Å². The van der Waals surface area contributed by atoms with Gasteiger partial charge in [-0.25, -0.2) is 0 Å². The molecule has 0 amide bonds. The SMILES string of the molecule is CCN(Cc1cc(C(C)=O)ccc1O)C1CCCC1. The minimum Gasteiger partial charge on any atom is -0.508 e. The van der Waals surface area contributed by atoms with E-state index < -0.39 is 0 Å². The van der Waals surface area contributed by atoms with Crippen LogP contribution in [0.2, 0.25) is 0 Å². The molecular weight excluding hydrogens is 238 g/mol. The summed E-state index contributed by atoms with van der Waals surface area (Å²) < 4.78 is 0. The molecule has 1 aromatic carbocycles. The minimum atomic E-state index is 0.0464. The number of hydrogen-bond donors (Lipinski definition) is 1. The van der Waals surface area contributed by atoms with E-state index in [-0.39, 0.29) is 5.78 Å². The highest BCUT2D eigenvalue weighted by molar-refractivity contribution is 5.94. The van der Waals surface area contributed by atoms with Crippen LogP contribution in [0.5, 0.6) is 5.75 Å². The van der Waals surface area contributed by atoms with E-state index in [0.29, 0.717) is 17.4 Å². The molecule has 0 atom stereocenters. The highest BCUT2D eigenvalue weighted by atomic mass is 16.3. The van der Waals surface area contributed by atoms with Crippen molar-refractivity contribution in [2.75, 3.05) is 6.54 Å². The zero-order valence-corrected chi connectivity index (χ0v) is 11.9. The van der Waals surface area contributed by atoms with E-state index in [0.717, 1.165) is 18.7 Å². The van der Waals surface area contributed by atoms with Gasteiger partial charge in [-0.2, -0.15) is 0 Å². The molecule has 0 unspecified atom stereocenters. The van der Waals surface area contributed by atoms with Gasteiger partial charge in [0.1, 0.15) is 5.75 Å². The van der Waals surface area contributed by atoms with Crippen LogP contribution in [0.1, 0.15) is 55.5 Å². The second kappa shape index (κ2) is 6.20. The molecule has 3 heteroatoms. The number of phenolic OH excluding ortho intramolecular Hbond substituents is 1. The molecule has 0 spiro atoms. The zero-order chi connectivity index (χ0) is 13.8. The number of carbonyl (C=O) groups is 1. The quantitative estimate of drug-likeness (QED) is 0.826. The fourth-order valence-corrected chi connectivity index (χ4v) is 2.92. The van der Waals surface area contributed by atoms with Crippen LogP contribution in [-0.2, 0) is 6.54 Å². The summed E-state index contributed by atoms with van der Waals surface area (Å²) in [6.07, 6.45) is 5.11. The maximum Gasteiger partial charge on any atom is 0.159 e. The number of nitrogens with zero attached hydrogens (tertiary/aromatic N) is 1. The summed E-state index contributed by atoms with van der Waals surface area (Å²) in [5.41, 5.74) is 1.54. The van der Waals surface area contributed by atoms with Gasteiger partial charge in [0, 0.05) is 23.7 Å². The Morgan fingerprint density at radius 2 is 2.05 bits per heavy atom. The van der Waals surface area contributed by atoms with E-state index in [1.807, 2.05) is 6.07 Å². The van der Waals surface area contributed by atoms with E-state index >= 15 is 0 Å². The Bertz CT molecular complexity index is 450. The van der Waals surface area contributed by atoms with Crippen LogP contribution in [0.25, 0.3) is 0 Å². The molecule has 19 heavy (non-hydrogen) atoms. The Kier molecular flexibility index (Phi) is 4.59. The average molecular weight is 261 g/mol. The van der Waals surface area contributed by atoms with Gasteiger partial charge in [0.2, 0.25) is 0 Å². The largest absolute Gasteiger partial charge is 0.508 e. The van der Waals surface area contributed by atoms with Gasteiger partial charge >= 0.3 is 0 Å². The lowest BCUT2D eigenvalue weighted by Crippen LogP contribution is -2.32. The Morgan fingerprint density at radius 3 is 2.63 bits per heavy atom. The molecule has 1 aliphatic rings. The van der Waals surface area contributed by atoms with Crippen molar-refractivity contribution in [3.8, 4) is 5.75 Å². The average Bonchev–Trinajstić information content (AvgIpc) is 2.91. The summed E-state index contributed by atoms with van der Waals surface area (Å²) in [6, 6.07) is 5.78. The van der Waals surface area contributed by atoms with Crippen LogP contribution in [-0.4, -0.2) is 28.4 Å². The molecule has 1 aliphatic carbocycles.